The lowest BCUT2D eigenvalue weighted by Gasteiger charge is -2.12. The molecule has 0 fully saturated rings. The van der Waals surface area contributed by atoms with E-state index in [0.29, 0.717) is 30.2 Å². The molecule has 102 valence electrons. The number of nitrogens with two attached hydrogens (primary N) is 1. The molecule has 0 aliphatic carbocycles. The fraction of sp³-hybridized carbons (Fsp3) is 0.417. The third-order valence-corrected chi connectivity index (χ3v) is 2.67. The van der Waals surface area contributed by atoms with Gasteiger partial charge in [0.1, 0.15) is 5.82 Å². The topological polar surface area (TPSA) is 78.8 Å². The van der Waals surface area contributed by atoms with Gasteiger partial charge in [0.05, 0.1) is 12.6 Å². The molecule has 1 aromatic heterocycles. The smallest absolute Gasteiger partial charge is 0.184 e. The molecule has 6 nitrogen and oxygen atoms in total. The van der Waals surface area contributed by atoms with Crippen molar-refractivity contribution in [3.05, 3.63) is 24.0 Å². The van der Waals surface area contributed by atoms with Gasteiger partial charge in [0.2, 0.25) is 0 Å². The van der Waals surface area contributed by atoms with E-state index >= 15 is 0 Å². The number of nitrogen functional groups attached to an aromatic ring is 1. The Bertz CT molecular complexity index is 557. The summed E-state index contributed by atoms with van der Waals surface area (Å²) in [6.07, 6.45) is -0.0195. The van der Waals surface area contributed by atoms with E-state index in [0.717, 1.165) is 0 Å². The lowest BCUT2D eigenvalue weighted by molar-refractivity contribution is 0.0614. The maximum atomic E-state index is 13.0. The second kappa shape index (κ2) is 5.75. The molecule has 0 radical (unpaired) electrons. The van der Waals surface area contributed by atoms with Crippen LogP contribution >= 0.6 is 0 Å². The normalized spacial score (nSPS) is 12.6. The van der Waals surface area contributed by atoms with Gasteiger partial charge in [0.25, 0.3) is 0 Å². The van der Waals surface area contributed by atoms with Crippen molar-refractivity contribution in [1.82, 2.24) is 20.2 Å². The molecule has 2 aromatic rings. The van der Waals surface area contributed by atoms with Crippen LogP contribution in [-0.4, -0.2) is 32.9 Å². The highest BCUT2D eigenvalue weighted by Gasteiger charge is 2.14. The zero-order valence-corrected chi connectivity index (χ0v) is 10.9. The SMILES string of the molecule is CCOC(C)Cn1nnnc1-c1ccc(F)cc1N. The van der Waals surface area contributed by atoms with Crippen molar-refractivity contribution >= 4 is 5.69 Å². The third kappa shape index (κ3) is 3.05. The summed E-state index contributed by atoms with van der Waals surface area (Å²) in [5, 5.41) is 11.5. The quantitative estimate of drug-likeness (QED) is 0.828. The van der Waals surface area contributed by atoms with Crippen LogP contribution in [0.15, 0.2) is 18.2 Å². The largest absolute Gasteiger partial charge is 0.398 e. The molecule has 19 heavy (non-hydrogen) atoms. The zero-order chi connectivity index (χ0) is 13.8. The molecule has 0 amide bonds. The van der Waals surface area contributed by atoms with E-state index in [9.17, 15) is 4.39 Å². The first-order chi connectivity index (χ1) is 9.11. The zero-order valence-electron chi connectivity index (χ0n) is 10.9. The molecule has 1 atom stereocenters. The first-order valence-electron chi connectivity index (χ1n) is 6.05. The van der Waals surface area contributed by atoms with Crippen molar-refractivity contribution in [2.75, 3.05) is 12.3 Å². The number of ether oxygens (including phenoxy) is 1. The van der Waals surface area contributed by atoms with Gasteiger partial charge in [-0.05, 0) is 42.5 Å². The molecular formula is C12H16FN5O. The molecule has 1 heterocycles. The summed E-state index contributed by atoms with van der Waals surface area (Å²) in [5.74, 6) is 0.118. The van der Waals surface area contributed by atoms with Crippen LogP contribution in [0.25, 0.3) is 11.4 Å². The van der Waals surface area contributed by atoms with Gasteiger partial charge in [-0.15, -0.1) is 5.10 Å². The Labute approximate surface area is 110 Å². The van der Waals surface area contributed by atoms with E-state index in [-0.39, 0.29) is 11.9 Å². The van der Waals surface area contributed by atoms with Crippen molar-refractivity contribution in [3.63, 3.8) is 0 Å². The summed E-state index contributed by atoms with van der Waals surface area (Å²) < 4.78 is 20.1. The maximum Gasteiger partial charge on any atom is 0.184 e. The number of hydrogen-bond donors (Lipinski definition) is 1. The van der Waals surface area contributed by atoms with Crippen molar-refractivity contribution < 1.29 is 9.13 Å². The third-order valence-electron chi connectivity index (χ3n) is 2.67. The number of benzene rings is 1. The van der Waals surface area contributed by atoms with E-state index in [1.165, 1.54) is 12.1 Å². The minimum atomic E-state index is -0.386. The molecule has 0 bridgehead atoms. The van der Waals surface area contributed by atoms with Crippen molar-refractivity contribution in [1.29, 1.82) is 0 Å². The van der Waals surface area contributed by atoms with Gasteiger partial charge >= 0.3 is 0 Å². The van der Waals surface area contributed by atoms with Crippen LogP contribution in [-0.2, 0) is 11.3 Å². The summed E-state index contributed by atoms with van der Waals surface area (Å²) >= 11 is 0. The highest BCUT2D eigenvalue weighted by atomic mass is 19.1. The lowest BCUT2D eigenvalue weighted by atomic mass is 10.1. The van der Waals surface area contributed by atoms with Crippen LogP contribution in [0.2, 0.25) is 0 Å². The lowest BCUT2D eigenvalue weighted by Crippen LogP contribution is -2.18. The number of hydrogen-bond acceptors (Lipinski definition) is 5. The van der Waals surface area contributed by atoms with Crippen LogP contribution in [0, 0.1) is 5.82 Å². The van der Waals surface area contributed by atoms with E-state index in [2.05, 4.69) is 15.5 Å². The summed E-state index contributed by atoms with van der Waals surface area (Å²) in [6, 6.07) is 4.15. The standard InChI is InChI=1S/C12H16FN5O/c1-3-19-8(2)7-18-12(15-16-17-18)10-5-4-9(13)6-11(10)14/h4-6,8H,3,7,14H2,1-2H3. The minimum absolute atomic E-state index is 0.0195. The van der Waals surface area contributed by atoms with E-state index < -0.39 is 0 Å². The molecule has 1 aromatic carbocycles. The molecule has 1 unspecified atom stereocenters. The van der Waals surface area contributed by atoms with Gasteiger partial charge < -0.3 is 10.5 Å². The number of halogens is 1. The first kappa shape index (κ1) is 13.4. The van der Waals surface area contributed by atoms with Gasteiger partial charge in [0, 0.05) is 17.9 Å². The Balaban J connectivity index is 2.28. The summed E-state index contributed by atoms with van der Waals surface area (Å²) in [7, 11) is 0. The Morgan fingerprint density at radius 2 is 2.26 bits per heavy atom. The average Bonchev–Trinajstić information content (AvgIpc) is 2.77. The summed E-state index contributed by atoms with van der Waals surface area (Å²) in [4.78, 5) is 0. The second-order valence-corrected chi connectivity index (χ2v) is 4.18. The summed E-state index contributed by atoms with van der Waals surface area (Å²) in [5.41, 5.74) is 6.70. The minimum Gasteiger partial charge on any atom is -0.398 e. The average molecular weight is 265 g/mol. The van der Waals surface area contributed by atoms with Crippen LogP contribution in [0.4, 0.5) is 10.1 Å². The molecule has 0 saturated carbocycles. The molecule has 0 spiro atoms. The molecular weight excluding hydrogens is 249 g/mol. The van der Waals surface area contributed by atoms with E-state index in [1.807, 2.05) is 13.8 Å². The molecule has 2 rings (SSSR count). The molecule has 0 aliphatic heterocycles. The molecule has 2 N–H and O–H groups in total. The highest BCUT2D eigenvalue weighted by molar-refractivity contribution is 5.71. The second-order valence-electron chi connectivity index (χ2n) is 4.18. The number of anilines is 1. The van der Waals surface area contributed by atoms with Crippen molar-refractivity contribution in [2.24, 2.45) is 0 Å². The Kier molecular flexibility index (Phi) is 4.06. The number of aromatic nitrogens is 4. The maximum absolute atomic E-state index is 13.0. The monoisotopic (exact) mass is 265 g/mol. The Morgan fingerprint density at radius 1 is 1.47 bits per heavy atom. The molecule has 0 saturated heterocycles. The number of rotatable bonds is 5. The predicted molar refractivity (Wildman–Crippen MR) is 68.7 cm³/mol. The van der Waals surface area contributed by atoms with Crippen LogP contribution < -0.4 is 5.73 Å². The van der Waals surface area contributed by atoms with Crippen molar-refractivity contribution in [2.45, 2.75) is 26.5 Å². The summed E-state index contributed by atoms with van der Waals surface area (Å²) in [6.45, 7) is 4.99. The molecule has 7 heteroatoms. The number of nitrogens with zero attached hydrogens (tertiary/aromatic N) is 4. The highest BCUT2D eigenvalue weighted by Crippen LogP contribution is 2.24. The van der Waals surface area contributed by atoms with Gasteiger partial charge in [0.15, 0.2) is 5.82 Å². The van der Waals surface area contributed by atoms with Crippen LogP contribution in [0.1, 0.15) is 13.8 Å². The van der Waals surface area contributed by atoms with Gasteiger partial charge in [-0.1, -0.05) is 0 Å². The van der Waals surface area contributed by atoms with Crippen LogP contribution in [0.3, 0.4) is 0 Å². The van der Waals surface area contributed by atoms with Gasteiger partial charge in [-0.2, -0.15) is 0 Å². The first-order valence-corrected chi connectivity index (χ1v) is 6.05. The predicted octanol–water partition coefficient (Wildman–Crippen LogP) is 1.49. The molecule has 0 aliphatic rings. The Hall–Kier alpha value is -2.02. The van der Waals surface area contributed by atoms with E-state index in [1.54, 1.807) is 10.7 Å². The fourth-order valence-electron chi connectivity index (χ4n) is 1.84. The fourth-order valence-corrected chi connectivity index (χ4v) is 1.84. The van der Waals surface area contributed by atoms with Crippen molar-refractivity contribution in [3.8, 4) is 11.4 Å². The van der Waals surface area contributed by atoms with Crippen LogP contribution in [0.5, 0.6) is 0 Å². The van der Waals surface area contributed by atoms with E-state index in [4.69, 9.17) is 10.5 Å². The Morgan fingerprint density at radius 3 is 2.95 bits per heavy atom. The number of tetrazole rings is 1. The van der Waals surface area contributed by atoms with Gasteiger partial charge in [-0.3, -0.25) is 0 Å². The van der Waals surface area contributed by atoms with Gasteiger partial charge in [-0.25, -0.2) is 9.07 Å².